The van der Waals surface area contributed by atoms with E-state index in [4.69, 9.17) is 9.47 Å². The van der Waals surface area contributed by atoms with E-state index in [-0.39, 0.29) is 12.4 Å². The summed E-state index contributed by atoms with van der Waals surface area (Å²) < 4.78 is 10.7. The zero-order chi connectivity index (χ0) is 14.1. The van der Waals surface area contributed by atoms with Crippen LogP contribution in [0.3, 0.4) is 0 Å². The highest BCUT2D eigenvalue weighted by Crippen LogP contribution is 2.44. The molecule has 1 heterocycles. The number of benzene rings is 2. The summed E-state index contributed by atoms with van der Waals surface area (Å²) in [6.07, 6.45) is 0.204. The van der Waals surface area contributed by atoms with Crippen LogP contribution in [0.15, 0.2) is 36.4 Å². The van der Waals surface area contributed by atoms with E-state index in [9.17, 15) is 4.79 Å². The minimum absolute atomic E-state index is 0.204. The van der Waals surface area contributed by atoms with E-state index < -0.39 is 0 Å². The van der Waals surface area contributed by atoms with Gasteiger partial charge in [0.25, 0.3) is 0 Å². The Bertz CT molecular complexity index is 679. The Kier molecular flexibility index (Phi) is 3.06. The molecule has 0 bridgehead atoms. The van der Waals surface area contributed by atoms with Gasteiger partial charge in [0.15, 0.2) is 11.5 Å². The first-order valence-electron chi connectivity index (χ1n) is 6.42. The summed E-state index contributed by atoms with van der Waals surface area (Å²) in [6.45, 7) is 1.96. The van der Waals surface area contributed by atoms with Gasteiger partial charge in [0.1, 0.15) is 0 Å². The van der Waals surface area contributed by atoms with Gasteiger partial charge >= 0.3 is 5.97 Å². The van der Waals surface area contributed by atoms with Crippen LogP contribution in [0.4, 0.5) is 11.4 Å². The molecule has 4 heteroatoms. The zero-order valence-electron chi connectivity index (χ0n) is 11.4. The van der Waals surface area contributed by atoms with Crippen LogP contribution < -0.4 is 10.1 Å². The van der Waals surface area contributed by atoms with Crippen LogP contribution in [0.1, 0.15) is 11.1 Å². The van der Waals surface area contributed by atoms with Gasteiger partial charge in [-0.2, -0.15) is 0 Å². The quantitative estimate of drug-likeness (QED) is 0.723. The number of aryl methyl sites for hydroxylation is 1. The molecule has 0 amide bonds. The van der Waals surface area contributed by atoms with Crippen molar-refractivity contribution in [3.05, 3.63) is 47.5 Å². The van der Waals surface area contributed by atoms with Gasteiger partial charge in [0.05, 0.1) is 24.9 Å². The van der Waals surface area contributed by atoms with Crippen LogP contribution in [0.5, 0.6) is 11.5 Å². The minimum atomic E-state index is -0.274. The molecule has 2 aromatic carbocycles. The van der Waals surface area contributed by atoms with Crippen molar-refractivity contribution in [1.29, 1.82) is 0 Å². The predicted octanol–water partition coefficient (Wildman–Crippen LogP) is 3.56. The van der Waals surface area contributed by atoms with Gasteiger partial charge in [-0.25, -0.2) is 0 Å². The van der Waals surface area contributed by atoms with E-state index in [1.165, 1.54) is 7.11 Å². The van der Waals surface area contributed by atoms with Crippen LogP contribution in [0.25, 0.3) is 0 Å². The van der Waals surface area contributed by atoms with Crippen molar-refractivity contribution in [2.45, 2.75) is 13.3 Å². The lowest BCUT2D eigenvalue weighted by Gasteiger charge is -2.24. The normalized spacial score (nSPS) is 11.7. The third-order valence-electron chi connectivity index (χ3n) is 3.41. The molecule has 4 nitrogen and oxygen atoms in total. The SMILES string of the molecule is COC(=O)Cc1c(C)ccc2c1Oc1ccccc1N2. The second kappa shape index (κ2) is 4.89. The van der Waals surface area contributed by atoms with Crippen molar-refractivity contribution in [3.8, 4) is 11.5 Å². The summed E-state index contributed by atoms with van der Waals surface area (Å²) in [4.78, 5) is 11.6. The maximum atomic E-state index is 11.6. The second-order valence-electron chi connectivity index (χ2n) is 4.71. The van der Waals surface area contributed by atoms with Crippen LogP contribution in [0.2, 0.25) is 0 Å². The highest BCUT2D eigenvalue weighted by atomic mass is 16.5. The van der Waals surface area contributed by atoms with Gasteiger partial charge < -0.3 is 14.8 Å². The van der Waals surface area contributed by atoms with Crippen molar-refractivity contribution in [2.75, 3.05) is 12.4 Å². The van der Waals surface area contributed by atoms with E-state index in [1.807, 2.05) is 43.3 Å². The number of anilines is 2. The molecule has 102 valence electrons. The molecule has 0 atom stereocenters. The maximum absolute atomic E-state index is 11.6. The third-order valence-corrected chi connectivity index (χ3v) is 3.41. The number of methoxy groups -OCH3 is 1. The Hall–Kier alpha value is -2.49. The lowest BCUT2D eigenvalue weighted by molar-refractivity contribution is -0.139. The number of para-hydroxylation sites is 2. The number of fused-ring (bicyclic) bond motifs is 2. The van der Waals surface area contributed by atoms with Gasteiger partial charge in [-0.15, -0.1) is 0 Å². The summed E-state index contributed by atoms with van der Waals surface area (Å²) >= 11 is 0. The van der Waals surface area contributed by atoms with Gasteiger partial charge in [-0.3, -0.25) is 4.79 Å². The van der Waals surface area contributed by atoms with Crippen LogP contribution in [0, 0.1) is 6.92 Å². The molecule has 20 heavy (non-hydrogen) atoms. The largest absolute Gasteiger partial charge is 0.469 e. The maximum Gasteiger partial charge on any atom is 0.310 e. The Morgan fingerprint density at radius 2 is 2.00 bits per heavy atom. The Labute approximate surface area is 117 Å². The van der Waals surface area contributed by atoms with Crippen molar-refractivity contribution >= 4 is 17.3 Å². The van der Waals surface area contributed by atoms with Crippen LogP contribution in [-0.2, 0) is 16.0 Å². The van der Waals surface area contributed by atoms with Gasteiger partial charge in [0.2, 0.25) is 0 Å². The molecule has 0 saturated carbocycles. The number of ether oxygens (including phenoxy) is 2. The molecule has 1 aliphatic heterocycles. The standard InChI is InChI=1S/C16H15NO3/c1-10-7-8-13-16(11(10)9-15(18)19-2)20-14-6-4-3-5-12(14)17-13/h3-8,17H,9H2,1-2H3. The molecule has 2 aromatic rings. The number of hydrogen-bond donors (Lipinski definition) is 1. The third kappa shape index (κ3) is 2.09. The number of rotatable bonds is 2. The van der Waals surface area contributed by atoms with E-state index in [2.05, 4.69) is 5.32 Å². The van der Waals surface area contributed by atoms with E-state index in [0.717, 1.165) is 28.3 Å². The lowest BCUT2D eigenvalue weighted by Crippen LogP contribution is -2.11. The topological polar surface area (TPSA) is 47.6 Å². The Morgan fingerprint density at radius 1 is 1.20 bits per heavy atom. The molecule has 0 aromatic heterocycles. The van der Waals surface area contributed by atoms with E-state index in [0.29, 0.717) is 5.75 Å². The smallest absolute Gasteiger partial charge is 0.310 e. The highest BCUT2D eigenvalue weighted by Gasteiger charge is 2.22. The van der Waals surface area contributed by atoms with E-state index in [1.54, 1.807) is 0 Å². The monoisotopic (exact) mass is 269 g/mol. The second-order valence-corrected chi connectivity index (χ2v) is 4.71. The predicted molar refractivity (Wildman–Crippen MR) is 76.7 cm³/mol. The number of hydrogen-bond acceptors (Lipinski definition) is 4. The molecule has 0 aliphatic carbocycles. The first kappa shape index (κ1) is 12.5. The Morgan fingerprint density at radius 3 is 2.80 bits per heavy atom. The molecular weight excluding hydrogens is 254 g/mol. The molecule has 0 spiro atoms. The fraction of sp³-hybridized carbons (Fsp3) is 0.188. The van der Waals surface area contributed by atoms with Crippen molar-refractivity contribution < 1.29 is 14.3 Å². The van der Waals surface area contributed by atoms with Gasteiger partial charge in [0, 0.05) is 5.56 Å². The van der Waals surface area contributed by atoms with Gasteiger partial charge in [-0.05, 0) is 30.7 Å². The summed E-state index contributed by atoms with van der Waals surface area (Å²) in [5.74, 6) is 1.19. The molecule has 0 saturated heterocycles. The molecule has 0 unspecified atom stereocenters. The number of nitrogens with one attached hydrogen (secondary N) is 1. The van der Waals surface area contributed by atoms with Crippen molar-refractivity contribution in [2.24, 2.45) is 0 Å². The molecule has 1 aliphatic rings. The minimum Gasteiger partial charge on any atom is -0.469 e. The number of carbonyl (C=O) groups is 1. The fourth-order valence-corrected chi connectivity index (χ4v) is 2.29. The molecule has 0 radical (unpaired) electrons. The highest BCUT2D eigenvalue weighted by molar-refractivity contribution is 5.81. The fourth-order valence-electron chi connectivity index (χ4n) is 2.29. The van der Waals surface area contributed by atoms with Crippen molar-refractivity contribution in [3.63, 3.8) is 0 Å². The van der Waals surface area contributed by atoms with Crippen molar-refractivity contribution in [1.82, 2.24) is 0 Å². The van der Waals surface area contributed by atoms with E-state index >= 15 is 0 Å². The summed E-state index contributed by atoms with van der Waals surface area (Å²) in [5, 5.41) is 3.32. The van der Waals surface area contributed by atoms with Crippen LogP contribution in [-0.4, -0.2) is 13.1 Å². The Balaban J connectivity index is 2.05. The molecule has 3 rings (SSSR count). The summed E-state index contributed by atoms with van der Waals surface area (Å²) in [5.41, 5.74) is 3.66. The molecule has 0 fully saturated rings. The zero-order valence-corrected chi connectivity index (χ0v) is 11.4. The summed E-state index contributed by atoms with van der Waals surface area (Å²) in [7, 11) is 1.39. The summed E-state index contributed by atoms with van der Waals surface area (Å²) in [6, 6.07) is 11.7. The van der Waals surface area contributed by atoms with Gasteiger partial charge in [-0.1, -0.05) is 18.2 Å². The van der Waals surface area contributed by atoms with Crippen LogP contribution >= 0.6 is 0 Å². The number of carbonyl (C=O) groups excluding carboxylic acids is 1. The molecule has 1 N–H and O–H groups in total. The molecular formula is C16H15NO3. The lowest BCUT2D eigenvalue weighted by atomic mass is 10.0. The average molecular weight is 269 g/mol. The number of esters is 1. The average Bonchev–Trinajstić information content (AvgIpc) is 2.48. The first-order valence-corrected chi connectivity index (χ1v) is 6.42. The first-order chi connectivity index (χ1) is 9.69.